The molecule has 5 heterocycles. The van der Waals surface area contributed by atoms with E-state index in [0.29, 0.717) is 54.8 Å². The summed E-state index contributed by atoms with van der Waals surface area (Å²) in [5, 5.41) is 5.30. The Hall–Kier alpha value is -5.83. The highest BCUT2D eigenvalue weighted by molar-refractivity contribution is 7.91. The van der Waals surface area contributed by atoms with E-state index < -0.39 is 99.0 Å². The Morgan fingerprint density at radius 1 is 1.00 bits per heavy atom. The smallest absolute Gasteiger partial charge is 0.430 e. The predicted octanol–water partition coefficient (Wildman–Crippen LogP) is 6.43. The van der Waals surface area contributed by atoms with Gasteiger partial charge in [0.15, 0.2) is 5.82 Å². The molecule has 3 aromatic rings. The lowest BCUT2D eigenvalue weighted by Gasteiger charge is -2.38. The fraction of sp³-hybridized carbons (Fsp3) is 0.571. The number of allylic oxidation sites excluding steroid dienone is 1. The first-order valence-corrected chi connectivity index (χ1v) is 25.3. The van der Waals surface area contributed by atoms with E-state index in [1.165, 1.54) is 11.8 Å². The topological polar surface area (TPSA) is 217 Å². The molecule has 3 aliphatic heterocycles. The molecule has 3 N–H and O–H groups in total. The minimum Gasteiger partial charge on any atom is -0.491 e. The number of amides is 4. The molecule has 0 radical (unpaired) electrons. The number of benzene rings is 1. The number of fused-ring (bicyclic) bond motifs is 2. The van der Waals surface area contributed by atoms with Gasteiger partial charge in [0.05, 0.1) is 29.7 Å². The molecule has 0 spiro atoms. The number of pyridine rings is 1. The zero-order valence-corrected chi connectivity index (χ0v) is 40.6. The van der Waals surface area contributed by atoms with Crippen LogP contribution in [0.1, 0.15) is 92.4 Å². The first-order chi connectivity index (χ1) is 33.1. The van der Waals surface area contributed by atoms with Crippen molar-refractivity contribution in [3.8, 4) is 34.3 Å². The predicted molar refractivity (Wildman–Crippen MR) is 248 cm³/mol. The van der Waals surface area contributed by atoms with Crippen molar-refractivity contribution >= 4 is 33.8 Å². The quantitative estimate of drug-likeness (QED) is 0.177. The second-order valence-corrected chi connectivity index (χ2v) is 22.2. The Morgan fingerprint density at radius 3 is 2.37 bits per heavy atom. The van der Waals surface area contributed by atoms with Gasteiger partial charge in [0, 0.05) is 55.5 Å². The lowest BCUT2D eigenvalue weighted by Crippen LogP contribution is -2.60. The van der Waals surface area contributed by atoms with Crippen LogP contribution in [0.15, 0.2) is 67.0 Å². The number of alkyl halides is 3. The van der Waals surface area contributed by atoms with Crippen molar-refractivity contribution in [1.29, 1.82) is 0 Å². The summed E-state index contributed by atoms with van der Waals surface area (Å²) in [5.41, 5.74) is -3.13. The van der Waals surface area contributed by atoms with Crippen LogP contribution in [0.2, 0.25) is 0 Å². The number of nitrogens with one attached hydrogen (secondary N) is 3. The lowest BCUT2D eigenvalue weighted by atomic mass is 9.88. The third-order valence-electron chi connectivity index (χ3n) is 13.9. The van der Waals surface area contributed by atoms with Crippen LogP contribution in [0.25, 0.3) is 22.8 Å². The molecule has 2 aliphatic carbocycles. The summed E-state index contributed by atoms with van der Waals surface area (Å²) in [6, 6.07) is 9.35. The second kappa shape index (κ2) is 19.8. The maximum atomic E-state index is 15.2. The Bertz CT molecular complexity index is 2580. The number of ether oxygens (including phenoxy) is 4. The van der Waals surface area contributed by atoms with E-state index in [0.717, 1.165) is 0 Å². The second-order valence-electron chi connectivity index (χ2n) is 20.0. The van der Waals surface area contributed by atoms with Gasteiger partial charge >= 0.3 is 12.3 Å². The number of aromatic nitrogens is 3. The number of carbonyl (C=O) groups excluding carboxylic acids is 4. The molecule has 2 unspecified atom stereocenters. The highest BCUT2D eigenvalue weighted by atomic mass is 32.2. The van der Waals surface area contributed by atoms with E-state index >= 15 is 4.79 Å². The molecule has 2 saturated carbocycles. The molecule has 8 rings (SSSR count). The number of hydrogen-bond acceptors (Lipinski definition) is 13. The van der Waals surface area contributed by atoms with Crippen molar-refractivity contribution in [1.82, 2.24) is 35.2 Å². The van der Waals surface area contributed by atoms with Crippen LogP contribution < -0.4 is 24.8 Å². The Labute approximate surface area is 405 Å². The summed E-state index contributed by atoms with van der Waals surface area (Å²) in [6.07, 6.45) is 0.852. The molecule has 378 valence electrons. The van der Waals surface area contributed by atoms with Crippen molar-refractivity contribution in [3.05, 3.63) is 67.0 Å². The number of hydrogen-bond donors (Lipinski definition) is 3. The van der Waals surface area contributed by atoms with Crippen LogP contribution in [0.3, 0.4) is 0 Å². The minimum absolute atomic E-state index is 0.0204. The molecule has 4 amide bonds. The van der Waals surface area contributed by atoms with Gasteiger partial charge in [-0.2, -0.15) is 13.2 Å². The molecule has 4 fully saturated rings. The molecule has 70 heavy (non-hydrogen) atoms. The van der Waals surface area contributed by atoms with E-state index in [1.54, 1.807) is 55.7 Å². The molecule has 17 nitrogen and oxygen atoms in total. The summed E-state index contributed by atoms with van der Waals surface area (Å²) < 4.78 is 94.3. The van der Waals surface area contributed by atoms with Gasteiger partial charge in [0.2, 0.25) is 27.4 Å². The molecular weight excluding hydrogens is 936 g/mol. The van der Waals surface area contributed by atoms with E-state index in [9.17, 15) is 36.0 Å². The SMILES string of the molecule is CC(C)Oc1ccc(-c2cc(O[C@@H]3C[C@H]4C(=O)N[C@]5(C(=O)NS(=O)(=O)C6(C)CC6)CC5/C=C\CC[C@@H](C)C[C@@H](C)[C@H](NC(=O)OC5(C(F)(F)F)CCCOC5)C(=O)N4C3)cc(-c3ncccn3)n2)cc1. The third-order valence-corrected chi connectivity index (χ3v) is 16.1. The van der Waals surface area contributed by atoms with Crippen LogP contribution in [-0.4, -0.2) is 118 Å². The fourth-order valence-electron chi connectivity index (χ4n) is 9.50. The van der Waals surface area contributed by atoms with Gasteiger partial charge in [-0.15, -0.1) is 0 Å². The molecule has 5 aliphatic rings. The number of carbonyl (C=O) groups is 4. The maximum Gasteiger partial charge on any atom is 0.430 e. The van der Waals surface area contributed by atoms with Gasteiger partial charge in [0.1, 0.15) is 40.9 Å². The van der Waals surface area contributed by atoms with Gasteiger partial charge in [-0.05, 0) is 108 Å². The number of halogens is 3. The average Bonchev–Trinajstić information content (AvgIpc) is 4.19. The summed E-state index contributed by atoms with van der Waals surface area (Å²) in [7, 11) is -4.12. The van der Waals surface area contributed by atoms with E-state index in [-0.39, 0.29) is 56.0 Å². The highest BCUT2D eigenvalue weighted by Gasteiger charge is 2.63. The summed E-state index contributed by atoms with van der Waals surface area (Å²) >= 11 is 0. The third kappa shape index (κ3) is 10.9. The monoisotopic (exact) mass is 995 g/mol. The highest BCUT2D eigenvalue weighted by Crippen LogP contribution is 2.48. The van der Waals surface area contributed by atoms with E-state index in [1.807, 2.05) is 39.0 Å². The summed E-state index contributed by atoms with van der Waals surface area (Å²) in [6.45, 7) is 7.89. The Balaban J connectivity index is 1.14. The average molecular weight is 996 g/mol. The maximum absolute atomic E-state index is 15.2. The van der Waals surface area contributed by atoms with Crippen molar-refractivity contribution in [3.63, 3.8) is 0 Å². The van der Waals surface area contributed by atoms with Crippen LogP contribution in [0.5, 0.6) is 11.5 Å². The Kier molecular flexibility index (Phi) is 14.3. The van der Waals surface area contributed by atoms with Crippen LogP contribution in [0, 0.1) is 17.8 Å². The summed E-state index contributed by atoms with van der Waals surface area (Å²) in [4.78, 5) is 72.7. The first-order valence-electron chi connectivity index (χ1n) is 23.8. The zero-order valence-electron chi connectivity index (χ0n) is 39.8. The van der Waals surface area contributed by atoms with Crippen molar-refractivity contribution in [2.24, 2.45) is 17.8 Å². The van der Waals surface area contributed by atoms with Gasteiger partial charge in [-0.1, -0.05) is 26.0 Å². The molecule has 2 aromatic heterocycles. The minimum atomic E-state index is -4.99. The van der Waals surface area contributed by atoms with E-state index in [2.05, 4.69) is 25.3 Å². The molecule has 8 atom stereocenters. The van der Waals surface area contributed by atoms with Crippen molar-refractivity contribution < 1.29 is 59.7 Å². The number of sulfonamides is 1. The zero-order chi connectivity index (χ0) is 50.2. The largest absolute Gasteiger partial charge is 0.491 e. The van der Waals surface area contributed by atoms with Gasteiger partial charge in [-0.3, -0.25) is 19.1 Å². The molecule has 1 aromatic carbocycles. The summed E-state index contributed by atoms with van der Waals surface area (Å²) in [5.74, 6) is -2.65. The lowest BCUT2D eigenvalue weighted by molar-refractivity contribution is -0.285. The van der Waals surface area contributed by atoms with Gasteiger partial charge in [0.25, 0.3) is 5.91 Å². The van der Waals surface area contributed by atoms with E-state index in [4.69, 9.17) is 23.9 Å². The van der Waals surface area contributed by atoms with Crippen LogP contribution in [0.4, 0.5) is 18.0 Å². The first kappa shape index (κ1) is 50.6. The number of alkyl carbamates (subject to hydrolysis) is 1. The van der Waals surface area contributed by atoms with Crippen LogP contribution in [-0.2, 0) is 33.9 Å². The van der Waals surface area contributed by atoms with Crippen LogP contribution >= 0.6 is 0 Å². The van der Waals surface area contributed by atoms with Gasteiger partial charge < -0.3 is 34.5 Å². The standard InChI is InChI=1S/C49H60F3N7O10S/c1-29(2)67-34-14-12-32(13-15-34)37-23-35(24-38(55-37)41-53-19-9-20-54-41)68-36-25-39-42(60)57-48(44(62)58-70(64,65)46(5)17-18-46)26-33(48)11-7-6-10-30(3)22-31(4)40(43(61)59(39)27-36)56-45(63)69-47(49(50,51)52)16-8-21-66-28-47/h7,9,11-15,19-20,23-24,29-31,33,36,39-40H,6,8,10,16-18,21-22,25-28H2,1-5H3,(H,56,63)(H,57,60)(H,58,62)/b11-7-/t30-,31-,33?,36-,39+,40+,47?,48-/m1/s1. The normalized spacial score (nSPS) is 29.5. The number of rotatable bonds is 11. The Morgan fingerprint density at radius 2 is 1.71 bits per heavy atom. The molecule has 2 saturated heterocycles. The molecule has 0 bridgehead atoms. The van der Waals surface area contributed by atoms with Crippen molar-refractivity contribution in [2.75, 3.05) is 19.8 Å². The molecule has 21 heteroatoms. The molecular formula is C49H60F3N7O10S. The van der Waals surface area contributed by atoms with Crippen molar-refractivity contribution in [2.45, 2.75) is 139 Å². The fourth-order valence-corrected chi connectivity index (χ4v) is 10.8. The number of nitrogens with zero attached hydrogens (tertiary/aromatic N) is 4. The van der Waals surface area contributed by atoms with Gasteiger partial charge in [-0.25, -0.2) is 28.2 Å².